The van der Waals surface area contributed by atoms with Gasteiger partial charge in [-0.25, -0.2) is 8.42 Å². The molecule has 0 aliphatic carbocycles. The minimum Gasteiger partial charge on any atom is -0.326 e. The molecule has 0 unspecified atom stereocenters. The first-order valence-electron chi connectivity index (χ1n) is 9.95. The van der Waals surface area contributed by atoms with Gasteiger partial charge >= 0.3 is 0 Å². The van der Waals surface area contributed by atoms with Gasteiger partial charge in [-0.3, -0.25) is 14.3 Å². The van der Waals surface area contributed by atoms with Crippen molar-refractivity contribution < 1.29 is 18.0 Å². The van der Waals surface area contributed by atoms with Crippen LogP contribution >= 0.6 is 0 Å². The van der Waals surface area contributed by atoms with Gasteiger partial charge in [0.05, 0.1) is 4.90 Å². The van der Waals surface area contributed by atoms with Crippen molar-refractivity contribution >= 4 is 38.9 Å². The standard InChI is InChI=1S/C24H25N3O4S/c1-15-6-5-7-20(12-15)27-32(30,31)21-10-8-16(2)22(14-21)24(29)26-19-9-11-23(17(3)13-19)25-18(4)28/h5-14,27H,1-4H3,(H,25,28)(H,26,29). The van der Waals surface area contributed by atoms with E-state index in [0.29, 0.717) is 22.6 Å². The average Bonchev–Trinajstić information content (AvgIpc) is 2.69. The van der Waals surface area contributed by atoms with Crippen LogP contribution in [-0.4, -0.2) is 20.2 Å². The van der Waals surface area contributed by atoms with E-state index in [1.165, 1.54) is 19.1 Å². The third-order valence-corrected chi connectivity index (χ3v) is 6.21. The van der Waals surface area contributed by atoms with Crippen molar-refractivity contribution in [2.24, 2.45) is 0 Å². The Morgan fingerprint density at radius 1 is 0.781 bits per heavy atom. The zero-order chi connectivity index (χ0) is 23.5. The molecule has 166 valence electrons. The quantitative estimate of drug-likeness (QED) is 0.508. The molecule has 0 spiro atoms. The fourth-order valence-corrected chi connectivity index (χ4v) is 4.28. The van der Waals surface area contributed by atoms with Gasteiger partial charge in [-0.2, -0.15) is 0 Å². The molecule has 2 amide bonds. The van der Waals surface area contributed by atoms with E-state index >= 15 is 0 Å². The smallest absolute Gasteiger partial charge is 0.261 e. The lowest BCUT2D eigenvalue weighted by Gasteiger charge is -2.13. The Balaban J connectivity index is 1.84. The molecule has 3 rings (SSSR count). The molecule has 0 aliphatic rings. The molecule has 0 atom stereocenters. The first-order chi connectivity index (χ1) is 15.0. The van der Waals surface area contributed by atoms with E-state index in [1.54, 1.807) is 49.4 Å². The minimum absolute atomic E-state index is 0.00746. The highest BCUT2D eigenvalue weighted by molar-refractivity contribution is 7.92. The number of rotatable bonds is 6. The van der Waals surface area contributed by atoms with Crippen LogP contribution in [0.3, 0.4) is 0 Å². The molecule has 8 heteroatoms. The van der Waals surface area contributed by atoms with Crippen LogP contribution in [0.15, 0.2) is 65.6 Å². The van der Waals surface area contributed by atoms with Crippen molar-refractivity contribution in [2.45, 2.75) is 32.6 Å². The predicted octanol–water partition coefficient (Wildman–Crippen LogP) is 4.62. The molecule has 0 radical (unpaired) electrons. The number of anilines is 3. The predicted molar refractivity (Wildman–Crippen MR) is 127 cm³/mol. The number of hydrogen-bond donors (Lipinski definition) is 3. The number of aryl methyl sites for hydroxylation is 3. The van der Waals surface area contributed by atoms with Crippen LogP contribution in [-0.2, 0) is 14.8 Å². The van der Waals surface area contributed by atoms with Crippen molar-refractivity contribution in [2.75, 3.05) is 15.4 Å². The molecule has 0 heterocycles. The topological polar surface area (TPSA) is 104 Å². The zero-order valence-electron chi connectivity index (χ0n) is 18.3. The molecule has 3 aromatic rings. The summed E-state index contributed by atoms with van der Waals surface area (Å²) in [5.41, 5.74) is 4.24. The Labute approximate surface area is 187 Å². The van der Waals surface area contributed by atoms with E-state index in [1.807, 2.05) is 19.9 Å². The van der Waals surface area contributed by atoms with Crippen LogP contribution in [0.4, 0.5) is 17.1 Å². The highest BCUT2D eigenvalue weighted by Crippen LogP contribution is 2.23. The first-order valence-corrected chi connectivity index (χ1v) is 11.4. The lowest BCUT2D eigenvalue weighted by Crippen LogP contribution is -2.17. The Morgan fingerprint density at radius 2 is 1.53 bits per heavy atom. The fraction of sp³-hybridized carbons (Fsp3) is 0.167. The average molecular weight is 452 g/mol. The van der Waals surface area contributed by atoms with E-state index in [0.717, 1.165) is 11.1 Å². The summed E-state index contributed by atoms with van der Waals surface area (Å²) in [6.07, 6.45) is 0. The monoisotopic (exact) mass is 451 g/mol. The normalized spacial score (nSPS) is 11.0. The van der Waals surface area contributed by atoms with Gasteiger partial charge in [0.15, 0.2) is 0 Å². The lowest BCUT2D eigenvalue weighted by atomic mass is 10.1. The van der Waals surface area contributed by atoms with Crippen LogP contribution in [0, 0.1) is 20.8 Å². The Morgan fingerprint density at radius 3 is 2.19 bits per heavy atom. The van der Waals surface area contributed by atoms with Crippen molar-refractivity contribution in [1.29, 1.82) is 0 Å². The maximum absolute atomic E-state index is 12.9. The van der Waals surface area contributed by atoms with Crippen molar-refractivity contribution in [3.63, 3.8) is 0 Å². The maximum atomic E-state index is 12.9. The molecule has 32 heavy (non-hydrogen) atoms. The zero-order valence-corrected chi connectivity index (χ0v) is 19.1. The largest absolute Gasteiger partial charge is 0.326 e. The Kier molecular flexibility index (Phi) is 6.64. The van der Waals surface area contributed by atoms with Crippen LogP contribution in [0.25, 0.3) is 0 Å². The van der Waals surface area contributed by atoms with Crippen molar-refractivity contribution in [3.05, 3.63) is 82.9 Å². The summed E-state index contributed by atoms with van der Waals surface area (Å²) in [5, 5.41) is 5.51. The van der Waals surface area contributed by atoms with Gasteiger partial charge in [0.1, 0.15) is 0 Å². The third-order valence-electron chi connectivity index (χ3n) is 4.83. The van der Waals surface area contributed by atoms with Gasteiger partial charge in [0, 0.05) is 29.5 Å². The molecular weight excluding hydrogens is 426 g/mol. The van der Waals surface area contributed by atoms with Gasteiger partial charge in [-0.15, -0.1) is 0 Å². The van der Waals surface area contributed by atoms with Crippen molar-refractivity contribution in [1.82, 2.24) is 0 Å². The van der Waals surface area contributed by atoms with E-state index in [2.05, 4.69) is 15.4 Å². The van der Waals surface area contributed by atoms with E-state index < -0.39 is 15.9 Å². The SMILES string of the molecule is CC(=O)Nc1ccc(NC(=O)c2cc(S(=O)(=O)Nc3cccc(C)c3)ccc2C)cc1C. The Hall–Kier alpha value is -3.65. The summed E-state index contributed by atoms with van der Waals surface area (Å²) < 4.78 is 28.2. The Bertz CT molecular complexity index is 1300. The molecule has 0 fully saturated rings. The molecule has 0 saturated heterocycles. The van der Waals surface area contributed by atoms with Gasteiger partial charge in [0.25, 0.3) is 15.9 Å². The molecule has 3 N–H and O–H groups in total. The number of sulfonamides is 1. The van der Waals surface area contributed by atoms with Crippen molar-refractivity contribution in [3.8, 4) is 0 Å². The third kappa shape index (κ3) is 5.53. The molecular formula is C24H25N3O4S. The maximum Gasteiger partial charge on any atom is 0.261 e. The lowest BCUT2D eigenvalue weighted by molar-refractivity contribution is -0.114. The van der Waals surface area contributed by atoms with Crippen LogP contribution in [0.2, 0.25) is 0 Å². The molecule has 0 aromatic heterocycles. The molecule has 7 nitrogen and oxygen atoms in total. The van der Waals surface area contributed by atoms with E-state index in [-0.39, 0.29) is 16.4 Å². The van der Waals surface area contributed by atoms with Gasteiger partial charge in [-0.05, 0) is 79.9 Å². The summed E-state index contributed by atoms with van der Waals surface area (Å²) in [7, 11) is -3.87. The second kappa shape index (κ2) is 9.23. The highest BCUT2D eigenvalue weighted by Gasteiger charge is 2.19. The van der Waals surface area contributed by atoms with Crippen LogP contribution in [0.1, 0.15) is 34.0 Å². The van der Waals surface area contributed by atoms with Gasteiger partial charge in [0.2, 0.25) is 5.91 Å². The van der Waals surface area contributed by atoms with E-state index in [4.69, 9.17) is 0 Å². The number of hydrogen-bond acceptors (Lipinski definition) is 4. The summed E-state index contributed by atoms with van der Waals surface area (Å²) in [6.45, 7) is 6.85. The highest BCUT2D eigenvalue weighted by atomic mass is 32.2. The fourth-order valence-electron chi connectivity index (χ4n) is 3.21. The van der Waals surface area contributed by atoms with Crippen LogP contribution < -0.4 is 15.4 Å². The summed E-state index contributed by atoms with van der Waals surface area (Å²) in [5.74, 6) is -0.611. The number of carbonyl (C=O) groups is 2. The van der Waals surface area contributed by atoms with Gasteiger partial charge < -0.3 is 10.6 Å². The molecule has 0 aliphatic heterocycles. The molecule has 0 saturated carbocycles. The van der Waals surface area contributed by atoms with Gasteiger partial charge in [-0.1, -0.05) is 18.2 Å². The number of nitrogens with one attached hydrogen (secondary N) is 3. The second-order valence-electron chi connectivity index (χ2n) is 7.62. The summed E-state index contributed by atoms with van der Waals surface area (Å²) >= 11 is 0. The summed E-state index contributed by atoms with van der Waals surface area (Å²) in [4.78, 5) is 24.1. The molecule has 3 aromatic carbocycles. The first kappa shape index (κ1) is 23.0. The minimum atomic E-state index is -3.87. The second-order valence-corrected chi connectivity index (χ2v) is 9.30. The van der Waals surface area contributed by atoms with E-state index in [9.17, 15) is 18.0 Å². The molecule has 0 bridgehead atoms. The number of benzene rings is 3. The number of carbonyl (C=O) groups excluding carboxylic acids is 2. The summed E-state index contributed by atoms with van der Waals surface area (Å²) in [6, 6.07) is 16.6. The number of amides is 2. The van der Waals surface area contributed by atoms with Crippen LogP contribution in [0.5, 0.6) is 0 Å².